The van der Waals surface area contributed by atoms with E-state index in [0.29, 0.717) is 6.54 Å². The lowest BCUT2D eigenvalue weighted by Crippen LogP contribution is -2.61. The van der Waals surface area contributed by atoms with Crippen LogP contribution in [0.1, 0.15) is 52.9 Å². The molecule has 0 spiro atoms. The quantitative estimate of drug-likeness (QED) is 0.849. The zero-order valence-corrected chi connectivity index (χ0v) is 13.9. The van der Waals surface area contributed by atoms with Crippen LogP contribution in [0.5, 0.6) is 0 Å². The molecule has 21 heavy (non-hydrogen) atoms. The molecule has 2 heterocycles. The molecular weight excluding hydrogens is 266 g/mol. The lowest BCUT2D eigenvalue weighted by molar-refractivity contribution is -0.00962. The van der Waals surface area contributed by atoms with Crippen molar-refractivity contribution in [3.05, 3.63) is 0 Å². The van der Waals surface area contributed by atoms with Gasteiger partial charge in [-0.25, -0.2) is 4.79 Å². The highest BCUT2D eigenvalue weighted by Crippen LogP contribution is 2.31. The molecule has 0 radical (unpaired) electrons. The number of ether oxygens (including phenoxy) is 1. The minimum absolute atomic E-state index is 0.0962. The fraction of sp³-hybridized carbons (Fsp3) is 0.938. The highest BCUT2D eigenvalue weighted by Gasteiger charge is 2.40. The van der Waals surface area contributed by atoms with Gasteiger partial charge in [-0.1, -0.05) is 6.42 Å². The van der Waals surface area contributed by atoms with Crippen LogP contribution in [-0.2, 0) is 4.74 Å². The number of likely N-dealkylation sites (tertiary alicyclic amines) is 2. The van der Waals surface area contributed by atoms with Gasteiger partial charge >= 0.3 is 6.09 Å². The highest BCUT2D eigenvalue weighted by atomic mass is 16.6. The van der Waals surface area contributed by atoms with Gasteiger partial charge in [-0.15, -0.1) is 0 Å². The van der Waals surface area contributed by atoms with E-state index in [-0.39, 0.29) is 11.6 Å². The second-order valence-corrected chi connectivity index (χ2v) is 7.44. The summed E-state index contributed by atoms with van der Waals surface area (Å²) in [5, 5.41) is 0. The van der Waals surface area contributed by atoms with Crippen molar-refractivity contribution in [2.75, 3.05) is 32.7 Å². The van der Waals surface area contributed by atoms with Gasteiger partial charge in [0, 0.05) is 25.2 Å². The van der Waals surface area contributed by atoms with Crippen molar-refractivity contribution < 1.29 is 9.53 Å². The van der Waals surface area contributed by atoms with E-state index in [2.05, 4.69) is 4.90 Å². The van der Waals surface area contributed by atoms with Crippen LogP contribution in [0.4, 0.5) is 4.79 Å². The van der Waals surface area contributed by atoms with Crippen molar-refractivity contribution in [3.63, 3.8) is 0 Å². The molecule has 2 fully saturated rings. The summed E-state index contributed by atoms with van der Waals surface area (Å²) >= 11 is 0. The molecule has 0 aromatic heterocycles. The maximum absolute atomic E-state index is 12.1. The molecule has 2 aliphatic heterocycles. The number of carbonyl (C=O) groups excluding carboxylic acids is 1. The fourth-order valence-corrected chi connectivity index (χ4v) is 3.45. The number of amides is 1. The zero-order chi connectivity index (χ0) is 15.5. The molecule has 2 saturated heterocycles. The van der Waals surface area contributed by atoms with Crippen molar-refractivity contribution in [1.82, 2.24) is 9.80 Å². The summed E-state index contributed by atoms with van der Waals surface area (Å²) in [5.41, 5.74) is 5.79. The minimum atomic E-state index is -0.424. The second-order valence-electron chi connectivity index (χ2n) is 7.44. The smallest absolute Gasteiger partial charge is 0.410 e. The Kier molecular flexibility index (Phi) is 5.15. The Bertz CT molecular complexity index is 351. The van der Waals surface area contributed by atoms with E-state index in [1.165, 1.54) is 19.3 Å². The molecule has 0 aliphatic carbocycles. The van der Waals surface area contributed by atoms with E-state index < -0.39 is 5.60 Å². The Morgan fingerprint density at radius 3 is 2.14 bits per heavy atom. The molecule has 5 heteroatoms. The Balaban J connectivity index is 1.92. The first-order valence-corrected chi connectivity index (χ1v) is 8.29. The van der Waals surface area contributed by atoms with E-state index in [1.807, 2.05) is 25.7 Å². The molecule has 0 bridgehead atoms. The standard InChI is InChI=1S/C16H31N3O2/c1-15(2,3)21-14(20)18-11-7-16(13-17,8-12-18)19-9-5-4-6-10-19/h4-13,17H2,1-3H3. The second kappa shape index (κ2) is 6.53. The fourth-order valence-electron chi connectivity index (χ4n) is 3.45. The molecule has 0 unspecified atom stereocenters. The summed E-state index contributed by atoms with van der Waals surface area (Å²) in [4.78, 5) is 16.6. The predicted octanol–water partition coefficient (Wildman–Crippen LogP) is 2.20. The average Bonchev–Trinajstić information content (AvgIpc) is 2.46. The molecule has 122 valence electrons. The van der Waals surface area contributed by atoms with Crippen LogP contribution < -0.4 is 5.73 Å². The predicted molar refractivity (Wildman–Crippen MR) is 84.3 cm³/mol. The first kappa shape index (κ1) is 16.6. The molecule has 0 aromatic rings. The molecule has 2 rings (SSSR count). The number of hydrogen-bond donors (Lipinski definition) is 1. The molecule has 0 atom stereocenters. The number of rotatable bonds is 2. The SMILES string of the molecule is CC(C)(C)OC(=O)N1CCC(CN)(N2CCCCC2)CC1. The van der Waals surface area contributed by atoms with Crippen LogP contribution in [-0.4, -0.2) is 59.8 Å². The molecule has 2 N–H and O–H groups in total. The maximum atomic E-state index is 12.1. The van der Waals surface area contributed by atoms with E-state index in [1.54, 1.807) is 0 Å². The van der Waals surface area contributed by atoms with Gasteiger partial charge in [0.2, 0.25) is 0 Å². The van der Waals surface area contributed by atoms with Crippen molar-refractivity contribution >= 4 is 6.09 Å². The first-order chi connectivity index (χ1) is 9.86. The molecule has 1 amide bonds. The van der Waals surface area contributed by atoms with Crippen molar-refractivity contribution in [3.8, 4) is 0 Å². The number of nitrogens with two attached hydrogens (primary N) is 1. The third kappa shape index (κ3) is 4.10. The summed E-state index contributed by atoms with van der Waals surface area (Å²) in [5.74, 6) is 0. The summed E-state index contributed by atoms with van der Waals surface area (Å²) in [6.07, 6.45) is 5.62. The van der Waals surface area contributed by atoms with Crippen molar-refractivity contribution in [2.45, 2.75) is 64.0 Å². The molecule has 0 aromatic carbocycles. The summed E-state index contributed by atoms with van der Waals surface area (Å²) < 4.78 is 5.47. The normalized spacial score (nSPS) is 23.9. The first-order valence-electron chi connectivity index (χ1n) is 8.29. The van der Waals surface area contributed by atoms with Gasteiger partial charge in [0.1, 0.15) is 5.60 Å². The van der Waals surface area contributed by atoms with Gasteiger partial charge in [0.25, 0.3) is 0 Å². The molecule has 5 nitrogen and oxygen atoms in total. The van der Waals surface area contributed by atoms with Crippen LogP contribution in [0.25, 0.3) is 0 Å². The Labute approximate surface area is 128 Å². The highest BCUT2D eigenvalue weighted by molar-refractivity contribution is 5.68. The van der Waals surface area contributed by atoms with Crippen molar-refractivity contribution in [1.29, 1.82) is 0 Å². The average molecular weight is 297 g/mol. The van der Waals surface area contributed by atoms with Gasteiger partial charge in [0.15, 0.2) is 0 Å². The van der Waals surface area contributed by atoms with Crippen molar-refractivity contribution in [2.24, 2.45) is 5.73 Å². The Morgan fingerprint density at radius 1 is 1.10 bits per heavy atom. The van der Waals surface area contributed by atoms with E-state index in [4.69, 9.17) is 10.5 Å². The summed E-state index contributed by atoms with van der Waals surface area (Å²) in [6, 6.07) is 0. The monoisotopic (exact) mass is 297 g/mol. The van der Waals surface area contributed by atoms with E-state index in [9.17, 15) is 4.79 Å². The van der Waals surface area contributed by atoms with Gasteiger partial charge < -0.3 is 15.4 Å². The third-order valence-electron chi connectivity index (χ3n) is 4.75. The summed E-state index contributed by atoms with van der Waals surface area (Å²) in [7, 11) is 0. The van der Waals surface area contributed by atoms with Crippen LogP contribution in [0.3, 0.4) is 0 Å². The topological polar surface area (TPSA) is 58.8 Å². The van der Waals surface area contributed by atoms with Crippen LogP contribution in [0.15, 0.2) is 0 Å². The Morgan fingerprint density at radius 2 is 1.67 bits per heavy atom. The van der Waals surface area contributed by atoms with Gasteiger partial charge in [0.05, 0.1) is 0 Å². The lowest BCUT2D eigenvalue weighted by atomic mass is 9.84. The lowest BCUT2D eigenvalue weighted by Gasteiger charge is -2.49. The van der Waals surface area contributed by atoms with Gasteiger partial charge in [-0.2, -0.15) is 0 Å². The summed E-state index contributed by atoms with van der Waals surface area (Å²) in [6.45, 7) is 10.2. The molecule has 2 aliphatic rings. The number of hydrogen-bond acceptors (Lipinski definition) is 4. The number of carbonyl (C=O) groups is 1. The largest absolute Gasteiger partial charge is 0.444 e. The number of nitrogens with zero attached hydrogens (tertiary/aromatic N) is 2. The Hall–Kier alpha value is -0.810. The zero-order valence-electron chi connectivity index (χ0n) is 13.9. The molecule has 0 saturated carbocycles. The van der Waals surface area contributed by atoms with Gasteiger partial charge in [-0.3, -0.25) is 4.90 Å². The molecular formula is C16H31N3O2. The van der Waals surface area contributed by atoms with Crippen LogP contribution in [0.2, 0.25) is 0 Å². The third-order valence-corrected chi connectivity index (χ3v) is 4.75. The van der Waals surface area contributed by atoms with E-state index in [0.717, 1.165) is 39.0 Å². The van der Waals surface area contributed by atoms with Crippen LogP contribution >= 0.6 is 0 Å². The number of piperidine rings is 2. The van der Waals surface area contributed by atoms with E-state index >= 15 is 0 Å². The minimum Gasteiger partial charge on any atom is -0.444 e. The van der Waals surface area contributed by atoms with Crippen LogP contribution in [0, 0.1) is 0 Å². The maximum Gasteiger partial charge on any atom is 0.410 e. The van der Waals surface area contributed by atoms with Gasteiger partial charge in [-0.05, 0) is 59.5 Å².